The number of halogens is 2. The van der Waals surface area contributed by atoms with Gasteiger partial charge in [0, 0.05) is 6.54 Å². The average molecular weight is 296 g/mol. The van der Waals surface area contributed by atoms with Crippen LogP contribution in [-0.4, -0.2) is 16.3 Å². The minimum absolute atomic E-state index is 0.0782. The molecule has 0 amide bonds. The van der Waals surface area contributed by atoms with Gasteiger partial charge in [0.2, 0.25) is 0 Å². The number of aromatic nitrogens is 2. The van der Waals surface area contributed by atoms with Crippen LogP contribution in [0.25, 0.3) is 0 Å². The first-order chi connectivity index (χ1) is 9.67. The zero-order chi connectivity index (χ0) is 14.5. The average Bonchev–Trinajstić information content (AvgIpc) is 2.82. The van der Waals surface area contributed by atoms with Crippen LogP contribution in [-0.2, 0) is 6.54 Å². The van der Waals surface area contributed by atoms with Crippen molar-refractivity contribution in [1.82, 2.24) is 15.1 Å². The van der Waals surface area contributed by atoms with E-state index in [2.05, 4.69) is 17.3 Å². The van der Waals surface area contributed by atoms with Gasteiger partial charge in [0.25, 0.3) is 0 Å². The maximum atomic E-state index is 13.1. The topological polar surface area (TPSA) is 29.9 Å². The fourth-order valence-corrected chi connectivity index (χ4v) is 2.48. The number of hydrogen-bond acceptors (Lipinski definition) is 2. The Hall–Kier alpha value is -1.39. The molecule has 1 N–H and O–H groups in total. The van der Waals surface area contributed by atoms with Gasteiger partial charge in [-0.2, -0.15) is 5.10 Å². The Morgan fingerprint density at radius 2 is 2.00 bits per heavy atom. The fraction of sp³-hybridized carbons (Fsp3) is 0.400. The van der Waals surface area contributed by atoms with Crippen LogP contribution in [0.3, 0.4) is 0 Å². The second-order valence-corrected chi connectivity index (χ2v) is 5.04. The van der Waals surface area contributed by atoms with Crippen molar-refractivity contribution < 1.29 is 4.39 Å². The Labute approximate surface area is 123 Å². The lowest BCUT2D eigenvalue weighted by Crippen LogP contribution is -2.26. The lowest BCUT2D eigenvalue weighted by Gasteiger charge is -2.20. The molecule has 0 aliphatic carbocycles. The van der Waals surface area contributed by atoms with Gasteiger partial charge in [-0.1, -0.05) is 30.7 Å². The summed E-state index contributed by atoms with van der Waals surface area (Å²) in [7, 11) is 0. The highest BCUT2D eigenvalue weighted by molar-refractivity contribution is 6.31. The first-order valence-corrected chi connectivity index (χ1v) is 7.25. The number of benzene rings is 1. The summed E-state index contributed by atoms with van der Waals surface area (Å²) in [6.45, 7) is 5.72. The van der Waals surface area contributed by atoms with E-state index in [1.54, 1.807) is 18.3 Å². The van der Waals surface area contributed by atoms with Crippen molar-refractivity contribution in [2.24, 2.45) is 0 Å². The SMILES string of the molecule is CCCNC(c1ccc(F)cc1)c1c(Cl)cnn1CC. The summed E-state index contributed by atoms with van der Waals surface area (Å²) in [6, 6.07) is 6.43. The van der Waals surface area contributed by atoms with E-state index >= 15 is 0 Å². The molecule has 1 aromatic carbocycles. The van der Waals surface area contributed by atoms with Crippen molar-refractivity contribution >= 4 is 11.6 Å². The van der Waals surface area contributed by atoms with Crippen molar-refractivity contribution in [3.05, 3.63) is 52.6 Å². The van der Waals surface area contributed by atoms with E-state index in [0.717, 1.165) is 30.8 Å². The summed E-state index contributed by atoms with van der Waals surface area (Å²) in [5, 5.41) is 8.36. The molecule has 0 aliphatic rings. The van der Waals surface area contributed by atoms with E-state index in [9.17, 15) is 4.39 Å². The van der Waals surface area contributed by atoms with Crippen LogP contribution < -0.4 is 5.32 Å². The van der Waals surface area contributed by atoms with Gasteiger partial charge in [0.05, 0.1) is 23.0 Å². The van der Waals surface area contributed by atoms with Crippen LogP contribution in [0.2, 0.25) is 5.02 Å². The zero-order valence-electron chi connectivity index (χ0n) is 11.7. The third kappa shape index (κ3) is 3.19. The summed E-state index contributed by atoms with van der Waals surface area (Å²) in [4.78, 5) is 0. The largest absolute Gasteiger partial charge is 0.305 e. The van der Waals surface area contributed by atoms with Crippen molar-refractivity contribution in [1.29, 1.82) is 0 Å². The molecule has 1 atom stereocenters. The maximum absolute atomic E-state index is 13.1. The number of hydrogen-bond donors (Lipinski definition) is 1. The Kier molecular flexibility index (Phi) is 5.15. The standard InChI is InChI=1S/C15H19ClFN3/c1-3-9-18-14(11-5-7-12(17)8-6-11)15-13(16)10-19-20(15)4-2/h5-8,10,14,18H,3-4,9H2,1-2H3. The number of nitrogens with zero attached hydrogens (tertiary/aromatic N) is 2. The molecule has 0 bridgehead atoms. The van der Waals surface area contributed by atoms with Gasteiger partial charge >= 0.3 is 0 Å². The van der Waals surface area contributed by atoms with Crippen LogP contribution in [0, 0.1) is 5.82 Å². The van der Waals surface area contributed by atoms with Crippen LogP contribution in [0.15, 0.2) is 30.5 Å². The van der Waals surface area contributed by atoms with Gasteiger partial charge < -0.3 is 5.32 Å². The lowest BCUT2D eigenvalue weighted by atomic mass is 10.0. The minimum Gasteiger partial charge on any atom is -0.305 e. The summed E-state index contributed by atoms with van der Waals surface area (Å²) in [6.07, 6.45) is 2.67. The summed E-state index contributed by atoms with van der Waals surface area (Å²) >= 11 is 6.28. The Bertz CT molecular complexity index is 551. The first kappa shape index (κ1) is 15.0. The van der Waals surface area contributed by atoms with E-state index in [4.69, 9.17) is 11.6 Å². The highest BCUT2D eigenvalue weighted by atomic mass is 35.5. The van der Waals surface area contributed by atoms with E-state index in [1.165, 1.54) is 12.1 Å². The molecule has 2 aromatic rings. The maximum Gasteiger partial charge on any atom is 0.123 e. The van der Waals surface area contributed by atoms with Crippen LogP contribution in [0.1, 0.15) is 37.6 Å². The highest BCUT2D eigenvalue weighted by Crippen LogP contribution is 2.28. The Morgan fingerprint density at radius 3 is 2.60 bits per heavy atom. The highest BCUT2D eigenvalue weighted by Gasteiger charge is 2.21. The number of nitrogens with one attached hydrogen (secondary N) is 1. The molecule has 108 valence electrons. The lowest BCUT2D eigenvalue weighted by molar-refractivity contribution is 0.529. The second-order valence-electron chi connectivity index (χ2n) is 4.63. The zero-order valence-corrected chi connectivity index (χ0v) is 12.5. The molecule has 0 spiro atoms. The van der Waals surface area contributed by atoms with Crippen LogP contribution in [0.5, 0.6) is 0 Å². The number of aryl methyl sites for hydroxylation is 1. The summed E-state index contributed by atoms with van der Waals surface area (Å²) in [5.74, 6) is -0.238. The van der Waals surface area contributed by atoms with Gasteiger partial charge in [-0.05, 0) is 37.6 Å². The normalized spacial score (nSPS) is 12.6. The Balaban J connectivity index is 2.41. The molecule has 0 fully saturated rings. The van der Waals surface area contributed by atoms with Crippen molar-refractivity contribution in [3.63, 3.8) is 0 Å². The quantitative estimate of drug-likeness (QED) is 0.879. The minimum atomic E-state index is -0.238. The van der Waals surface area contributed by atoms with E-state index in [0.29, 0.717) is 5.02 Å². The summed E-state index contributed by atoms with van der Waals surface area (Å²) < 4.78 is 15.0. The van der Waals surface area contributed by atoms with Gasteiger partial charge in [-0.15, -0.1) is 0 Å². The van der Waals surface area contributed by atoms with Crippen molar-refractivity contribution in [2.45, 2.75) is 32.9 Å². The monoisotopic (exact) mass is 295 g/mol. The van der Waals surface area contributed by atoms with E-state index < -0.39 is 0 Å². The third-order valence-electron chi connectivity index (χ3n) is 3.21. The second kappa shape index (κ2) is 6.86. The van der Waals surface area contributed by atoms with E-state index in [1.807, 2.05) is 11.6 Å². The molecule has 0 saturated heterocycles. The molecule has 1 unspecified atom stereocenters. The molecule has 0 aliphatic heterocycles. The predicted molar refractivity (Wildman–Crippen MR) is 79.4 cm³/mol. The molecular formula is C15H19ClFN3. The van der Waals surface area contributed by atoms with Crippen LogP contribution in [0.4, 0.5) is 4.39 Å². The molecule has 2 rings (SSSR count). The van der Waals surface area contributed by atoms with Crippen molar-refractivity contribution in [3.8, 4) is 0 Å². The number of rotatable bonds is 6. The van der Waals surface area contributed by atoms with Gasteiger partial charge in [-0.25, -0.2) is 4.39 Å². The fourth-order valence-electron chi connectivity index (χ4n) is 2.23. The van der Waals surface area contributed by atoms with Gasteiger partial charge in [-0.3, -0.25) is 4.68 Å². The summed E-state index contributed by atoms with van der Waals surface area (Å²) in [5.41, 5.74) is 1.91. The molecular weight excluding hydrogens is 277 g/mol. The molecule has 20 heavy (non-hydrogen) atoms. The Morgan fingerprint density at radius 1 is 1.30 bits per heavy atom. The molecule has 1 aromatic heterocycles. The first-order valence-electron chi connectivity index (χ1n) is 6.87. The predicted octanol–water partition coefficient (Wildman–Crippen LogP) is 3.78. The molecule has 0 radical (unpaired) electrons. The van der Waals surface area contributed by atoms with E-state index in [-0.39, 0.29) is 11.9 Å². The molecule has 1 heterocycles. The third-order valence-corrected chi connectivity index (χ3v) is 3.50. The van der Waals surface area contributed by atoms with Crippen LogP contribution >= 0.6 is 11.6 Å². The smallest absolute Gasteiger partial charge is 0.123 e. The van der Waals surface area contributed by atoms with Gasteiger partial charge in [0.15, 0.2) is 0 Å². The molecule has 0 saturated carbocycles. The molecule has 3 nitrogen and oxygen atoms in total. The van der Waals surface area contributed by atoms with Crippen molar-refractivity contribution in [2.75, 3.05) is 6.54 Å². The molecule has 5 heteroatoms. The van der Waals surface area contributed by atoms with Gasteiger partial charge in [0.1, 0.15) is 5.82 Å².